The highest BCUT2D eigenvalue weighted by molar-refractivity contribution is 5.42. The first kappa shape index (κ1) is 12.8. The van der Waals surface area contributed by atoms with E-state index in [-0.39, 0.29) is 0 Å². The average molecular weight is 249 g/mol. The van der Waals surface area contributed by atoms with E-state index in [2.05, 4.69) is 15.1 Å². The molecule has 0 aliphatic carbocycles. The minimum Gasteiger partial charge on any atom is -0.339 e. The predicted octanol–water partition coefficient (Wildman–Crippen LogP) is 1.53. The monoisotopic (exact) mass is 249 g/mol. The van der Waals surface area contributed by atoms with Gasteiger partial charge in [-0.25, -0.2) is 4.98 Å². The highest BCUT2D eigenvalue weighted by Gasteiger charge is 2.11. The SMILES string of the molecule is Cn1ccnc1-c1noc(CCCCCCN)n1. The van der Waals surface area contributed by atoms with Crippen LogP contribution in [-0.4, -0.2) is 26.2 Å². The molecule has 0 amide bonds. The number of imidazole rings is 1. The summed E-state index contributed by atoms with van der Waals surface area (Å²) in [7, 11) is 1.91. The van der Waals surface area contributed by atoms with Gasteiger partial charge in [0.25, 0.3) is 0 Å². The van der Waals surface area contributed by atoms with Crippen molar-refractivity contribution in [3.05, 3.63) is 18.3 Å². The fourth-order valence-corrected chi connectivity index (χ4v) is 1.80. The van der Waals surface area contributed by atoms with Gasteiger partial charge in [-0.1, -0.05) is 18.0 Å². The molecule has 0 spiro atoms. The smallest absolute Gasteiger partial charge is 0.238 e. The van der Waals surface area contributed by atoms with Crippen LogP contribution in [-0.2, 0) is 13.5 Å². The van der Waals surface area contributed by atoms with Crippen molar-refractivity contribution in [1.82, 2.24) is 19.7 Å². The van der Waals surface area contributed by atoms with E-state index in [4.69, 9.17) is 10.3 Å². The fraction of sp³-hybridized carbons (Fsp3) is 0.583. The Bertz CT molecular complexity index is 476. The van der Waals surface area contributed by atoms with Crippen molar-refractivity contribution in [2.24, 2.45) is 12.8 Å². The lowest BCUT2D eigenvalue weighted by Gasteiger charge is -1.96. The first-order chi connectivity index (χ1) is 8.81. The molecule has 2 aromatic rings. The van der Waals surface area contributed by atoms with Crippen molar-refractivity contribution in [3.63, 3.8) is 0 Å². The lowest BCUT2D eigenvalue weighted by atomic mass is 10.1. The molecule has 0 saturated heterocycles. The highest BCUT2D eigenvalue weighted by atomic mass is 16.5. The summed E-state index contributed by atoms with van der Waals surface area (Å²) in [5.41, 5.74) is 5.44. The van der Waals surface area contributed by atoms with E-state index >= 15 is 0 Å². The van der Waals surface area contributed by atoms with Crippen LogP contribution < -0.4 is 5.73 Å². The van der Waals surface area contributed by atoms with Crippen LogP contribution in [0.1, 0.15) is 31.6 Å². The molecule has 0 bridgehead atoms. The van der Waals surface area contributed by atoms with Crippen LogP contribution in [0.2, 0.25) is 0 Å². The third-order valence-corrected chi connectivity index (χ3v) is 2.83. The van der Waals surface area contributed by atoms with E-state index < -0.39 is 0 Å². The molecular formula is C12H19N5O. The maximum absolute atomic E-state index is 5.44. The van der Waals surface area contributed by atoms with Crippen LogP contribution in [0.15, 0.2) is 16.9 Å². The van der Waals surface area contributed by atoms with E-state index in [1.807, 2.05) is 17.8 Å². The second-order valence-electron chi connectivity index (χ2n) is 4.33. The summed E-state index contributed by atoms with van der Waals surface area (Å²) in [6.07, 6.45) is 8.86. The lowest BCUT2D eigenvalue weighted by Crippen LogP contribution is -1.98. The summed E-state index contributed by atoms with van der Waals surface area (Å²) in [6, 6.07) is 0. The fourth-order valence-electron chi connectivity index (χ4n) is 1.80. The van der Waals surface area contributed by atoms with Gasteiger partial charge in [0, 0.05) is 25.9 Å². The van der Waals surface area contributed by atoms with Crippen molar-refractivity contribution < 1.29 is 4.52 Å². The van der Waals surface area contributed by atoms with Gasteiger partial charge in [-0.05, 0) is 19.4 Å². The zero-order valence-corrected chi connectivity index (χ0v) is 10.7. The normalized spacial score (nSPS) is 11.0. The number of unbranched alkanes of at least 4 members (excludes halogenated alkanes) is 3. The van der Waals surface area contributed by atoms with Gasteiger partial charge in [-0.15, -0.1) is 0 Å². The van der Waals surface area contributed by atoms with E-state index in [1.54, 1.807) is 6.20 Å². The molecule has 2 heterocycles. The van der Waals surface area contributed by atoms with E-state index in [1.165, 1.54) is 0 Å². The van der Waals surface area contributed by atoms with Gasteiger partial charge in [-0.3, -0.25) is 0 Å². The summed E-state index contributed by atoms with van der Waals surface area (Å²) in [4.78, 5) is 8.53. The first-order valence-electron chi connectivity index (χ1n) is 6.31. The molecule has 2 aromatic heterocycles. The van der Waals surface area contributed by atoms with Crippen LogP contribution in [0.25, 0.3) is 11.6 Å². The Morgan fingerprint density at radius 1 is 1.28 bits per heavy atom. The van der Waals surface area contributed by atoms with Gasteiger partial charge < -0.3 is 14.8 Å². The summed E-state index contributed by atoms with van der Waals surface area (Å²) < 4.78 is 7.08. The third kappa shape index (κ3) is 3.16. The standard InChI is InChI=1S/C12H19N5O/c1-17-9-8-14-12(17)11-15-10(18-16-11)6-4-2-3-5-7-13/h8-9H,2-7,13H2,1H3. The van der Waals surface area contributed by atoms with Crippen LogP contribution in [0, 0.1) is 0 Å². The molecule has 0 saturated carbocycles. The Kier molecular flexibility index (Phi) is 4.46. The molecule has 0 fully saturated rings. The topological polar surface area (TPSA) is 82.8 Å². The minimum atomic E-state index is 0.555. The molecular weight excluding hydrogens is 230 g/mol. The molecule has 0 aromatic carbocycles. The maximum atomic E-state index is 5.44. The molecule has 6 nitrogen and oxygen atoms in total. The number of rotatable bonds is 7. The van der Waals surface area contributed by atoms with E-state index in [9.17, 15) is 0 Å². The van der Waals surface area contributed by atoms with Crippen LogP contribution in [0.5, 0.6) is 0 Å². The van der Waals surface area contributed by atoms with E-state index in [0.29, 0.717) is 11.7 Å². The van der Waals surface area contributed by atoms with Gasteiger partial charge >= 0.3 is 0 Å². The highest BCUT2D eigenvalue weighted by Crippen LogP contribution is 2.13. The number of nitrogens with zero attached hydrogens (tertiary/aromatic N) is 4. The number of nitrogens with two attached hydrogens (primary N) is 1. The van der Waals surface area contributed by atoms with Crippen LogP contribution >= 0.6 is 0 Å². The molecule has 98 valence electrons. The van der Waals surface area contributed by atoms with Gasteiger partial charge in [0.2, 0.25) is 11.7 Å². The number of aromatic nitrogens is 4. The number of hydrogen-bond acceptors (Lipinski definition) is 5. The van der Waals surface area contributed by atoms with Crippen LogP contribution in [0.4, 0.5) is 0 Å². The largest absolute Gasteiger partial charge is 0.339 e. The summed E-state index contributed by atoms with van der Waals surface area (Å²) in [6.45, 7) is 0.768. The zero-order chi connectivity index (χ0) is 12.8. The Morgan fingerprint density at radius 2 is 2.11 bits per heavy atom. The Labute approximate surface area is 106 Å². The molecule has 0 aliphatic heterocycles. The van der Waals surface area contributed by atoms with Crippen molar-refractivity contribution >= 4 is 0 Å². The molecule has 0 radical (unpaired) electrons. The van der Waals surface area contributed by atoms with Crippen LogP contribution in [0.3, 0.4) is 0 Å². The Morgan fingerprint density at radius 3 is 2.83 bits per heavy atom. The van der Waals surface area contributed by atoms with Crippen molar-refractivity contribution in [1.29, 1.82) is 0 Å². The van der Waals surface area contributed by atoms with Gasteiger partial charge in [-0.2, -0.15) is 4.98 Å². The summed E-state index contributed by atoms with van der Waals surface area (Å²) in [5, 5.41) is 3.95. The number of hydrogen-bond donors (Lipinski definition) is 1. The molecule has 18 heavy (non-hydrogen) atoms. The van der Waals surface area contributed by atoms with Gasteiger partial charge in [0.05, 0.1) is 0 Å². The van der Waals surface area contributed by atoms with Crippen molar-refractivity contribution in [2.45, 2.75) is 32.1 Å². The molecule has 6 heteroatoms. The van der Waals surface area contributed by atoms with Gasteiger partial charge in [0.15, 0.2) is 5.82 Å². The Hall–Kier alpha value is -1.69. The quantitative estimate of drug-likeness (QED) is 0.752. The Balaban J connectivity index is 1.85. The first-order valence-corrected chi connectivity index (χ1v) is 6.31. The summed E-state index contributed by atoms with van der Waals surface area (Å²) >= 11 is 0. The molecule has 0 aliphatic rings. The molecule has 0 unspecified atom stereocenters. The molecule has 2 N–H and O–H groups in total. The third-order valence-electron chi connectivity index (χ3n) is 2.83. The number of aryl methyl sites for hydroxylation is 2. The predicted molar refractivity (Wildman–Crippen MR) is 67.7 cm³/mol. The van der Waals surface area contributed by atoms with E-state index in [0.717, 1.165) is 44.5 Å². The maximum Gasteiger partial charge on any atom is 0.238 e. The summed E-state index contributed by atoms with van der Waals surface area (Å²) in [5.74, 6) is 1.97. The minimum absolute atomic E-state index is 0.555. The van der Waals surface area contributed by atoms with Gasteiger partial charge in [0.1, 0.15) is 0 Å². The molecule has 0 atom stereocenters. The second kappa shape index (κ2) is 6.30. The second-order valence-corrected chi connectivity index (χ2v) is 4.33. The van der Waals surface area contributed by atoms with Crippen molar-refractivity contribution in [3.8, 4) is 11.6 Å². The zero-order valence-electron chi connectivity index (χ0n) is 10.7. The van der Waals surface area contributed by atoms with Crippen molar-refractivity contribution in [2.75, 3.05) is 6.54 Å². The average Bonchev–Trinajstić information content (AvgIpc) is 2.97. The molecule has 2 rings (SSSR count). The lowest BCUT2D eigenvalue weighted by molar-refractivity contribution is 0.373.